The van der Waals surface area contributed by atoms with Crippen molar-refractivity contribution in [2.24, 2.45) is 0 Å². The van der Waals surface area contributed by atoms with Crippen LogP contribution in [0.1, 0.15) is 18.7 Å². The fourth-order valence-electron chi connectivity index (χ4n) is 1.64. The summed E-state index contributed by atoms with van der Waals surface area (Å²) >= 11 is 5.18. The molecule has 0 bridgehead atoms. The number of ether oxygens (including phenoxy) is 1. The van der Waals surface area contributed by atoms with Gasteiger partial charge in [0.05, 0.1) is 15.6 Å². The molecule has 0 aliphatic rings. The maximum Gasteiger partial charge on any atom is 0.144 e. The van der Waals surface area contributed by atoms with Gasteiger partial charge in [0.2, 0.25) is 0 Å². The normalized spacial score (nSPS) is 10.7. The number of halogens is 1. The molecule has 0 saturated heterocycles. The maximum atomic E-state index is 5.89. The fraction of sp³-hybridized carbons (Fsp3) is 0.286. The molecule has 1 heterocycles. The minimum absolute atomic E-state index is 0.116. The molecule has 0 aliphatic heterocycles. The van der Waals surface area contributed by atoms with E-state index >= 15 is 0 Å². The number of nitrogens with two attached hydrogens (primary N) is 1. The smallest absolute Gasteiger partial charge is 0.144 e. The molecule has 1 aromatic carbocycles. The van der Waals surface area contributed by atoms with Gasteiger partial charge in [-0.25, -0.2) is 0 Å². The number of thiophene rings is 1. The largest absolute Gasteiger partial charge is 0.489 e. The lowest BCUT2D eigenvalue weighted by Crippen LogP contribution is -2.08. The lowest BCUT2D eigenvalue weighted by Gasteiger charge is -2.14. The lowest BCUT2D eigenvalue weighted by atomic mass is 10.2. The van der Waals surface area contributed by atoms with E-state index in [1.165, 1.54) is 4.88 Å². The zero-order valence-electron chi connectivity index (χ0n) is 10.9. The van der Waals surface area contributed by atoms with Crippen molar-refractivity contribution in [3.8, 4) is 5.75 Å². The summed E-state index contributed by atoms with van der Waals surface area (Å²) in [4.78, 5) is 1.27. The van der Waals surface area contributed by atoms with Crippen LogP contribution in [0.25, 0.3) is 0 Å². The SMILES string of the molecule is CC(C)Oc1cc(NCc2ccc(Br)s2)ccc1N. The van der Waals surface area contributed by atoms with Crippen LogP contribution in [0.4, 0.5) is 11.4 Å². The maximum absolute atomic E-state index is 5.89. The Labute approximate surface area is 125 Å². The van der Waals surface area contributed by atoms with Crippen molar-refractivity contribution in [2.75, 3.05) is 11.1 Å². The van der Waals surface area contributed by atoms with E-state index in [4.69, 9.17) is 10.5 Å². The van der Waals surface area contributed by atoms with Crippen LogP contribution in [0, 0.1) is 0 Å². The second-order valence-electron chi connectivity index (χ2n) is 4.48. The number of benzene rings is 1. The molecular formula is C14H17BrN2OS. The van der Waals surface area contributed by atoms with Crippen LogP contribution in [0.15, 0.2) is 34.1 Å². The van der Waals surface area contributed by atoms with E-state index in [1.807, 2.05) is 32.0 Å². The Hall–Kier alpha value is -1.20. The highest BCUT2D eigenvalue weighted by Gasteiger charge is 2.05. The Morgan fingerprint density at radius 1 is 1.32 bits per heavy atom. The standard InChI is InChI=1S/C14H17BrN2OS/c1-9(2)18-13-7-10(3-5-12(13)16)17-8-11-4-6-14(15)19-11/h3-7,9,17H,8,16H2,1-2H3. The molecule has 0 aliphatic carbocycles. The Balaban J connectivity index is 2.04. The van der Waals surface area contributed by atoms with Crippen LogP contribution < -0.4 is 15.8 Å². The second kappa shape index (κ2) is 6.30. The van der Waals surface area contributed by atoms with Crippen molar-refractivity contribution in [1.29, 1.82) is 0 Å². The van der Waals surface area contributed by atoms with E-state index in [0.717, 1.165) is 21.8 Å². The number of hydrogen-bond donors (Lipinski definition) is 2. The average Bonchev–Trinajstić information content (AvgIpc) is 2.75. The number of rotatable bonds is 5. The average molecular weight is 341 g/mol. The molecule has 3 N–H and O–H groups in total. The van der Waals surface area contributed by atoms with Gasteiger partial charge in [-0.1, -0.05) is 0 Å². The molecule has 2 rings (SSSR count). The molecule has 3 nitrogen and oxygen atoms in total. The Bertz CT molecular complexity index is 554. The van der Waals surface area contributed by atoms with E-state index in [9.17, 15) is 0 Å². The summed E-state index contributed by atoms with van der Waals surface area (Å²) in [7, 11) is 0. The molecule has 2 aromatic rings. The monoisotopic (exact) mass is 340 g/mol. The van der Waals surface area contributed by atoms with E-state index in [2.05, 4.69) is 33.4 Å². The van der Waals surface area contributed by atoms with Crippen molar-refractivity contribution < 1.29 is 4.74 Å². The van der Waals surface area contributed by atoms with Crippen LogP contribution >= 0.6 is 27.3 Å². The summed E-state index contributed by atoms with van der Waals surface area (Å²) in [5, 5.41) is 3.37. The van der Waals surface area contributed by atoms with Gasteiger partial charge in [0.1, 0.15) is 5.75 Å². The molecule has 5 heteroatoms. The van der Waals surface area contributed by atoms with Gasteiger partial charge in [0, 0.05) is 23.2 Å². The van der Waals surface area contributed by atoms with Crippen LogP contribution in [0.3, 0.4) is 0 Å². The van der Waals surface area contributed by atoms with Gasteiger partial charge in [0.25, 0.3) is 0 Å². The molecule has 102 valence electrons. The highest BCUT2D eigenvalue weighted by molar-refractivity contribution is 9.11. The van der Waals surface area contributed by atoms with E-state index in [0.29, 0.717) is 5.69 Å². The van der Waals surface area contributed by atoms with Crippen LogP contribution in [-0.4, -0.2) is 6.10 Å². The van der Waals surface area contributed by atoms with E-state index in [1.54, 1.807) is 11.3 Å². The minimum Gasteiger partial charge on any atom is -0.489 e. The number of nitrogen functional groups attached to an aromatic ring is 1. The van der Waals surface area contributed by atoms with Gasteiger partial charge in [-0.15, -0.1) is 11.3 Å². The predicted molar refractivity (Wildman–Crippen MR) is 86.0 cm³/mol. The van der Waals surface area contributed by atoms with Gasteiger partial charge in [-0.3, -0.25) is 0 Å². The van der Waals surface area contributed by atoms with Crippen molar-refractivity contribution >= 4 is 38.6 Å². The van der Waals surface area contributed by atoms with E-state index in [-0.39, 0.29) is 6.10 Å². The predicted octanol–water partition coefficient (Wildman–Crippen LogP) is 4.49. The third-order valence-corrected chi connectivity index (χ3v) is 4.10. The Morgan fingerprint density at radius 3 is 2.74 bits per heavy atom. The zero-order chi connectivity index (χ0) is 13.8. The summed E-state index contributed by atoms with van der Waals surface area (Å²) in [5.41, 5.74) is 7.57. The minimum atomic E-state index is 0.116. The Kier molecular flexibility index (Phi) is 4.71. The topological polar surface area (TPSA) is 47.3 Å². The summed E-state index contributed by atoms with van der Waals surface area (Å²) in [6.07, 6.45) is 0.116. The third-order valence-electron chi connectivity index (χ3n) is 2.47. The first-order chi connectivity index (χ1) is 9.04. The number of anilines is 2. The fourth-order valence-corrected chi connectivity index (χ4v) is 3.06. The molecule has 0 radical (unpaired) electrons. The van der Waals surface area contributed by atoms with Gasteiger partial charge in [-0.05, 0) is 54.0 Å². The molecule has 0 saturated carbocycles. The molecular weight excluding hydrogens is 324 g/mol. The Morgan fingerprint density at radius 2 is 2.11 bits per heavy atom. The zero-order valence-corrected chi connectivity index (χ0v) is 13.3. The quantitative estimate of drug-likeness (QED) is 0.788. The van der Waals surface area contributed by atoms with Crippen molar-refractivity contribution in [2.45, 2.75) is 26.5 Å². The third kappa shape index (κ3) is 4.14. The van der Waals surface area contributed by atoms with Crippen molar-refractivity contribution in [3.05, 3.63) is 39.0 Å². The number of nitrogens with one attached hydrogen (secondary N) is 1. The highest BCUT2D eigenvalue weighted by atomic mass is 79.9. The summed E-state index contributed by atoms with van der Waals surface area (Å²) < 4.78 is 6.82. The van der Waals surface area contributed by atoms with E-state index < -0.39 is 0 Å². The van der Waals surface area contributed by atoms with Gasteiger partial charge < -0.3 is 15.8 Å². The molecule has 0 amide bonds. The van der Waals surface area contributed by atoms with Gasteiger partial charge in [-0.2, -0.15) is 0 Å². The molecule has 0 atom stereocenters. The summed E-state index contributed by atoms with van der Waals surface area (Å²) in [6, 6.07) is 9.93. The molecule has 0 spiro atoms. The molecule has 0 unspecified atom stereocenters. The first-order valence-corrected chi connectivity index (χ1v) is 7.70. The molecule has 19 heavy (non-hydrogen) atoms. The van der Waals surface area contributed by atoms with Crippen LogP contribution in [0.2, 0.25) is 0 Å². The summed E-state index contributed by atoms with van der Waals surface area (Å²) in [5.74, 6) is 0.729. The first-order valence-electron chi connectivity index (χ1n) is 6.09. The van der Waals surface area contributed by atoms with Gasteiger partial charge >= 0.3 is 0 Å². The van der Waals surface area contributed by atoms with Crippen molar-refractivity contribution in [3.63, 3.8) is 0 Å². The highest BCUT2D eigenvalue weighted by Crippen LogP contribution is 2.28. The van der Waals surface area contributed by atoms with Gasteiger partial charge in [0.15, 0.2) is 0 Å². The number of hydrogen-bond acceptors (Lipinski definition) is 4. The first kappa shape index (κ1) is 14.2. The van der Waals surface area contributed by atoms with Crippen molar-refractivity contribution in [1.82, 2.24) is 0 Å². The van der Waals surface area contributed by atoms with Crippen LogP contribution in [-0.2, 0) is 6.54 Å². The van der Waals surface area contributed by atoms with Crippen LogP contribution in [0.5, 0.6) is 5.75 Å². The molecule has 0 fully saturated rings. The molecule has 1 aromatic heterocycles. The second-order valence-corrected chi connectivity index (χ2v) is 7.03. The lowest BCUT2D eigenvalue weighted by molar-refractivity contribution is 0.244. The summed E-state index contributed by atoms with van der Waals surface area (Å²) in [6.45, 7) is 4.77.